The zero-order valence-electron chi connectivity index (χ0n) is 10.8. The van der Waals surface area contributed by atoms with Crippen LogP contribution >= 0.6 is 0 Å². The van der Waals surface area contributed by atoms with Crippen molar-refractivity contribution in [1.29, 1.82) is 0 Å². The number of nitrogens with two attached hydrogens (primary N) is 1. The fourth-order valence-corrected chi connectivity index (χ4v) is 2.41. The highest BCUT2D eigenvalue weighted by molar-refractivity contribution is 5.51. The summed E-state index contributed by atoms with van der Waals surface area (Å²) in [5.74, 6) is 0. The molecule has 1 saturated heterocycles. The summed E-state index contributed by atoms with van der Waals surface area (Å²) in [5.41, 5.74) is 9.49. The second-order valence-corrected chi connectivity index (χ2v) is 4.77. The van der Waals surface area contributed by atoms with E-state index in [0.29, 0.717) is 12.6 Å². The van der Waals surface area contributed by atoms with E-state index in [1.54, 1.807) is 0 Å². The molecule has 1 aliphatic rings. The second-order valence-electron chi connectivity index (χ2n) is 4.77. The maximum absolute atomic E-state index is 5.69. The molecule has 0 amide bonds. The van der Waals surface area contributed by atoms with E-state index in [1.165, 1.54) is 16.8 Å². The topological polar surface area (TPSA) is 38.5 Å². The first-order valence-corrected chi connectivity index (χ1v) is 6.32. The van der Waals surface area contributed by atoms with Crippen molar-refractivity contribution in [3.8, 4) is 0 Å². The summed E-state index contributed by atoms with van der Waals surface area (Å²) in [5, 5.41) is 0. The molecule has 17 heavy (non-hydrogen) atoms. The van der Waals surface area contributed by atoms with Crippen LogP contribution in [0.4, 0.5) is 5.69 Å². The predicted molar refractivity (Wildman–Crippen MR) is 71.3 cm³/mol. The van der Waals surface area contributed by atoms with Crippen LogP contribution in [0.3, 0.4) is 0 Å². The molecule has 3 nitrogen and oxygen atoms in total. The van der Waals surface area contributed by atoms with E-state index in [1.807, 2.05) is 0 Å². The van der Waals surface area contributed by atoms with Gasteiger partial charge in [-0.3, -0.25) is 0 Å². The van der Waals surface area contributed by atoms with Crippen molar-refractivity contribution in [2.24, 2.45) is 5.73 Å². The maximum atomic E-state index is 5.69. The van der Waals surface area contributed by atoms with E-state index in [0.717, 1.165) is 26.1 Å². The van der Waals surface area contributed by atoms with Crippen molar-refractivity contribution in [2.45, 2.75) is 32.4 Å². The molecule has 0 aliphatic carbocycles. The number of rotatable bonds is 3. The van der Waals surface area contributed by atoms with Gasteiger partial charge in [0.1, 0.15) is 0 Å². The molecule has 0 spiro atoms. The number of aryl methyl sites for hydroxylation is 1. The lowest BCUT2D eigenvalue weighted by molar-refractivity contribution is 0.0855. The van der Waals surface area contributed by atoms with E-state index < -0.39 is 0 Å². The standard InChI is InChI=1S/C14H22N2O/c1-11-9-14(4-3-12(11)10-15)16(2)13-5-7-17-8-6-13/h3-4,9,13H,5-8,10,15H2,1-2H3. The first-order valence-electron chi connectivity index (χ1n) is 6.32. The van der Waals surface area contributed by atoms with Crippen LogP contribution in [0, 0.1) is 6.92 Å². The Morgan fingerprint density at radius 3 is 2.65 bits per heavy atom. The highest BCUT2D eigenvalue weighted by Crippen LogP contribution is 2.23. The quantitative estimate of drug-likeness (QED) is 0.870. The highest BCUT2D eigenvalue weighted by Gasteiger charge is 2.18. The van der Waals surface area contributed by atoms with Gasteiger partial charge in [-0.15, -0.1) is 0 Å². The molecule has 0 saturated carbocycles. The molecule has 1 aromatic rings. The van der Waals surface area contributed by atoms with Gasteiger partial charge in [-0.1, -0.05) is 6.07 Å². The van der Waals surface area contributed by atoms with Gasteiger partial charge in [0, 0.05) is 38.5 Å². The number of anilines is 1. The largest absolute Gasteiger partial charge is 0.381 e. The molecular weight excluding hydrogens is 212 g/mol. The van der Waals surface area contributed by atoms with Crippen molar-refractivity contribution >= 4 is 5.69 Å². The fraction of sp³-hybridized carbons (Fsp3) is 0.571. The Morgan fingerprint density at radius 2 is 2.06 bits per heavy atom. The average Bonchev–Trinajstić information content (AvgIpc) is 2.39. The van der Waals surface area contributed by atoms with E-state index in [2.05, 4.69) is 37.1 Å². The monoisotopic (exact) mass is 234 g/mol. The van der Waals surface area contributed by atoms with Crippen molar-refractivity contribution in [3.63, 3.8) is 0 Å². The van der Waals surface area contributed by atoms with Gasteiger partial charge in [0.2, 0.25) is 0 Å². The molecular formula is C14H22N2O. The van der Waals surface area contributed by atoms with Gasteiger partial charge in [-0.2, -0.15) is 0 Å². The molecule has 0 radical (unpaired) electrons. The Bertz CT molecular complexity index is 372. The lowest BCUT2D eigenvalue weighted by atomic mass is 10.0. The molecule has 1 fully saturated rings. The molecule has 0 unspecified atom stereocenters. The molecule has 3 heteroatoms. The molecule has 94 valence electrons. The van der Waals surface area contributed by atoms with Crippen molar-refractivity contribution in [1.82, 2.24) is 0 Å². The Hall–Kier alpha value is -1.06. The average molecular weight is 234 g/mol. The minimum absolute atomic E-state index is 0.604. The molecule has 0 bridgehead atoms. The molecule has 1 heterocycles. The van der Waals surface area contributed by atoms with Gasteiger partial charge < -0.3 is 15.4 Å². The lowest BCUT2D eigenvalue weighted by Crippen LogP contribution is -2.36. The smallest absolute Gasteiger partial charge is 0.0485 e. The summed E-state index contributed by atoms with van der Waals surface area (Å²) in [7, 11) is 2.17. The molecule has 2 rings (SSSR count). The van der Waals surface area contributed by atoms with Crippen molar-refractivity contribution < 1.29 is 4.74 Å². The molecule has 1 aliphatic heterocycles. The van der Waals surface area contributed by atoms with Gasteiger partial charge in [0.15, 0.2) is 0 Å². The van der Waals surface area contributed by atoms with Crippen LogP contribution in [0.25, 0.3) is 0 Å². The normalized spacial score (nSPS) is 17.1. The summed E-state index contributed by atoms with van der Waals surface area (Å²) < 4.78 is 5.40. The van der Waals surface area contributed by atoms with E-state index in [4.69, 9.17) is 10.5 Å². The Labute approximate surface area is 104 Å². The van der Waals surface area contributed by atoms with Crippen LogP contribution in [0.2, 0.25) is 0 Å². The third kappa shape index (κ3) is 2.79. The van der Waals surface area contributed by atoms with Crippen molar-refractivity contribution in [3.05, 3.63) is 29.3 Å². The number of benzene rings is 1. The number of nitrogens with zero attached hydrogens (tertiary/aromatic N) is 1. The maximum Gasteiger partial charge on any atom is 0.0485 e. The fourth-order valence-electron chi connectivity index (χ4n) is 2.41. The minimum atomic E-state index is 0.604. The van der Waals surface area contributed by atoms with Crippen LogP contribution in [0.5, 0.6) is 0 Å². The molecule has 0 atom stereocenters. The van der Waals surface area contributed by atoms with Gasteiger partial charge in [-0.25, -0.2) is 0 Å². The third-order valence-corrected chi connectivity index (χ3v) is 3.69. The van der Waals surface area contributed by atoms with Crippen LogP contribution in [-0.4, -0.2) is 26.3 Å². The SMILES string of the molecule is Cc1cc(N(C)C2CCOCC2)ccc1CN. The summed E-state index contributed by atoms with van der Waals surface area (Å²) in [6.07, 6.45) is 2.24. The minimum Gasteiger partial charge on any atom is -0.381 e. The van der Waals surface area contributed by atoms with Crippen molar-refractivity contribution in [2.75, 3.05) is 25.2 Å². The van der Waals surface area contributed by atoms with Crippen LogP contribution in [-0.2, 0) is 11.3 Å². The first kappa shape index (κ1) is 12.4. The number of hydrogen-bond acceptors (Lipinski definition) is 3. The number of hydrogen-bond donors (Lipinski definition) is 1. The van der Waals surface area contributed by atoms with Gasteiger partial charge >= 0.3 is 0 Å². The lowest BCUT2D eigenvalue weighted by Gasteiger charge is -2.33. The van der Waals surface area contributed by atoms with E-state index >= 15 is 0 Å². The Balaban J connectivity index is 2.12. The Kier molecular flexibility index (Phi) is 4.02. The van der Waals surface area contributed by atoms with Gasteiger partial charge in [0.05, 0.1) is 0 Å². The predicted octanol–water partition coefficient (Wildman–Crippen LogP) is 2.07. The van der Waals surface area contributed by atoms with E-state index in [-0.39, 0.29) is 0 Å². The van der Waals surface area contributed by atoms with Crippen LogP contribution in [0.15, 0.2) is 18.2 Å². The van der Waals surface area contributed by atoms with E-state index in [9.17, 15) is 0 Å². The second kappa shape index (κ2) is 5.52. The summed E-state index contributed by atoms with van der Waals surface area (Å²) in [6, 6.07) is 7.15. The van der Waals surface area contributed by atoms with Gasteiger partial charge in [0.25, 0.3) is 0 Å². The molecule has 2 N–H and O–H groups in total. The summed E-state index contributed by atoms with van der Waals surface area (Å²) in [4.78, 5) is 2.37. The number of ether oxygens (including phenoxy) is 1. The summed E-state index contributed by atoms with van der Waals surface area (Å²) >= 11 is 0. The Morgan fingerprint density at radius 1 is 1.35 bits per heavy atom. The summed E-state index contributed by atoms with van der Waals surface area (Å²) in [6.45, 7) is 4.51. The zero-order chi connectivity index (χ0) is 12.3. The first-order chi connectivity index (χ1) is 8.22. The zero-order valence-corrected chi connectivity index (χ0v) is 10.8. The molecule has 1 aromatic carbocycles. The molecule has 0 aromatic heterocycles. The van der Waals surface area contributed by atoms with Crippen LogP contribution < -0.4 is 10.6 Å². The van der Waals surface area contributed by atoms with Gasteiger partial charge in [-0.05, 0) is 43.0 Å². The third-order valence-electron chi connectivity index (χ3n) is 3.69. The van der Waals surface area contributed by atoms with Crippen LogP contribution in [0.1, 0.15) is 24.0 Å². The highest BCUT2D eigenvalue weighted by atomic mass is 16.5.